The van der Waals surface area contributed by atoms with Gasteiger partial charge >= 0.3 is 0 Å². The second-order valence-electron chi connectivity index (χ2n) is 3.22. The third-order valence-corrected chi connectivity index (χ3v) is 2.32. The van der Waals surface area contributed by atoms with Gasteiger partial charge in [-0.15, -0.1) is 12.4 Å². The van der Waals surface area contributed by atoms with Crippen LogP contribution in [-0.4, -0.2) is 4.57 Å². The van der Waals surface area contributed by atoms with Crippen LogP contribution in [0.25, 0.3) is 0 Å². The van der Waals surface area contributed by atoms with E-state index in [2.05, 4.69) is 0 Å². The monoisotopic (exact) mass is 200 g/mol. The zero-order chi connectivity index (χ0) is 8.55. The van der Waals surface area contributed by atoms with Crippen LogP contribution in [0, 0.1) is 0 Å². The molecule has 72 valence electrons. The highest BCUT2D eigenvalue weighted by Crippen LogP contribution is 2.15. The van der Waals surface area contributed by atoms with E-state index in [-0.39, 0.29) is 17.8 Å². The first-order valence-electron chi connectivity index (χ1n) is 4.26. The van der Waals surface area contributed by atoms with Crippen molar-refractivity contribution in [2.24, 2.45) is 0 Å². The first-order valence-corrected chi connectivity index (χ1v) is 4.26. The van der Waals surface area contributed by atoms with Crippen LogP contribution in [0.15, 0.2) is 16.9 Å². The maximum atomic E-state index is 11.1. The van der Waals surface area contributed by atoms with Crippen LogP contribution in [0.3, 0.4) is 0 Å². The van der Waals surface area contributed by atoms with Crippen molar-refractivity contribution < 1.29 is 0 Å². The predicted octanol–water partition coefficient (Wildman–Crippen LogP) is 1.19. The van der Waals surface area contributed by atoms with Crippen LogP contribution in [0.2, 0.25) is 0 Å². The van der Waals surface area contributed by atoms with Gasteiger partial charge in [0.05, 0.1) is 0 Å². The summed E-state index contributed by atoms with van der Waals surface area (Å²) in [5.41, 5.74) is 6.82. The molecule has 0 fully saturated rings. The lowest BCUT2D eigenvalue weighted by Crippen LogP contribution is -2.19. The summed E-state index contributed by atoms with van der Waals surface area (Å²) in [6.45, 7) is 0.960. The van der Waals surface area contributed by atoms with E-state index in [9.17, 15) is 4.79 Å². The molecule has 0 atom stereocenters. The molecule has 0 saturated heterocycles. The number of nitrogens with two attached hydrogens (primary N) is 1. The molecule has 2 rings (SSSR count). The Bertz CT molecular complexity index is 359. The molecule has 13 heavy (non-hydrogen) atoms. The molecule has 3 nitrogen and oxygen atoms in total. The predicted molar refractivity (Wildman–Crippen MR) is 55.3 cm³/mol. The summed E-state index contributed by atoms with van der Waals surface area (Å²) in [4.78, 5) is 11.1. The van der Waals surface area contributed by atoms with Crippen molar-refractivity contribution in [3.8, 4) is 0 Å². The van der Waals surface area contributed by atoms with Crippen LogP contribution in [0.5, 0.6) is 0 Å². The minimum absolute atomic E-state index is 0. The molecule has 2 heterocycles. The lowest BCUT2D eigenvalue weighted by molar-refractivity contribution is 0.530. The lowest BCUT2D eigenvalue weighted by atomic mass is 10.1. The first-order chi connectivity index (χ1) is 5.77. The molecule has 0 radical (unpaired) electrons. The van der Waals surface area contributed by atoms with Crippen molar-refractivity contribution >= 4 is 18.2 Å². The molecule has 1 aliphatic rings. The Hall–Kier alpha value is -0.960. The summed E-state index contributed by atoms with van der Waals surface area (Å²) in [6, 6.07) is 3.18. The first kappa shape index (κ1) is 10.1. The van der Waals surface area contributed by atoms with Crippen molar-refractivity contribution in [2.45, 2.75) is 25.8 Å². The Kier molecular flexibility index (Phi) is 2.98. The third-order valence-electron chi connectivity index (χ3n) is 2.32. The molecule has 0 unspecified atom stereocenters. The molecule has 0 aliphatic carbocycles. The van der Waals surface area contributed by atoms with Crippen molar-refractivity contribution in [3.05, 3.63) is 28.0 Å². The Labute approximate surface area is 83.0 Å². The average molecular weight is 201 g/mol. The fraction of sp³-hybridized carbons (Fsp3) is 0.444. The van der Waals surface area contributed by atoms with Gasteiger partial charge in [0.2, 0.25) is 0 Å². The smallest absolute Gasteiger partial charge is 0.183 e. The Balaban J connectivity index is 0.000000845. The minimum atomic E-state index is 0. The van der Waals surface area contributed by atoms with Crippen molar-refractivity contribution in [2.75, 3.05) is 5.73 Å². The maximum Gasteiger partial charge on any atom is 0.183 e. The van der Waals surface area contributed by atoms with Gasteiger partial charge in [-0.3, -0.25) is 4.79 Å². The van der Waals surface area contributed by atoms with E-state index >= 15 is 0 Å². The van der Waals surface area contributed by atoms with Gasteiger partial charge in [0, 0.05) is 24.4 Å². The molecule has 1 aliphatic heterocycles. The Morgan fingerprint density at radius 2 is 2.08 bits per heavy atom. The number of hydrogen-bond acceptors (Lipinski definition) is 2. The molecule has 2 N–H and O–H groups in total. The number of fused-ring (bicyclic) bond motifs is 1. The van der Waals surface area contributed by atoms with Gasteiger partial charge in [0.15, 0.2) is 5.43 Å². The number of aryl methyl sites for hydroxylation is 1. The number of halogens is 1. The Morgan fingerprint density at radius 1 is 1.31 bits per heavy atom. The Morgan fingerprint density at radius 3 is 2.85 bits per heavy atom. The standard InChI is InChI=1S/C9H12N2O.ClH/c10-9-6-8(12)5-7-3-1-2-4-11(7)9;/h5-6H,1-4,10H2;1H. The fourth-order valence-corrected chi connectivity index (χ4v) is 1.73. The minimum Gasteiger partial charge on any atom is -0.385 e. The SMILES string of the molecule is Cl.Nc1cc(=O)cc2n1CCCC2. The number of pyridine rings is 1. The molecule has 0 amide bonds. The second kappa shape index (κ2) is 3.83. The largest absolute Gasteiger partial charge is 0.385 e. The van der Waals surface area contributed by atoms with E-state index in [0.717, 1.165) is 18.7 Å². The van der Waals surface area contributed by atoms with Crippen molar-refractivity contribution in [1.82, 2.24) is 4.57 Å². The highest BCUT2D eigenvalue weighted by Gasteiger charge is 2.09. The third kappa shape index (κ3) is 1.86. The van der Waals surface area contributed by atoms with Gasteiger partial charge in [0.25, 0.3) is 0 Å². The molecular formula is C9H13ClN2O. The van der Waals surface area contributed by atoms with Gasteiger partial charge in [-0.1, -0.05) is 0 Å². The molecule has 0 spiro atoms. The molecular weight excluding hydrogens is 188 g/mol. The normalized spacial score (nSPS) is 14.5. The van der Waals surface area contributed by atoms with Gasteiger partial charge in [-0.25, -0.2) is 0 Å². The molecule has 0 saturated carbocycles. The van der Waals surface area contributed by atoms with E-state index < -0.39 is 0 Å². The molecule has 1 aromatic rings. The van der Waals surface area contributed by atoms with Crippen LogP contribution in [0.1, 0.15) is 18.5 Å². The molecule has 4 heteroatoms. The van der Waals surface area contributed by atoms with Gasteiger partial charge in [-0.05, 0) is 19.3 Å². The van der Waals surface area contributed by atoms with Crippen LogP contribution < -0.4 is 11.2 Å². The van der Waals surface area contributed by atoms with E-state index in [1.165, 1.54) is 18.9 Å². The zero-order valence-corrected chi connectivity index (χ0v) is 8.14. The highest BCUT2D eigenvalue weighted by atomic mass is 35.5. The van der Waals surface area contributed by atoms with Crippen molar-refractivity contribution in [3.63, 3.8) is 0 Å². The van der Waals surface area contributed by atoms with E-state index in [0.29, 0.717) is 5.82 Å². The number of nitrogens with zero attached hydrogens (tertiary/aromatic N) is 1. The fourth-order valence-electron chi connectivity index (χ4n) is 1.73. The summed E-state index contributed by atoms with van der Waals surface area (Å²) >= 11 is 0. The summed E-state index contributed by atoms with van der Waals surface area (Å²) in [5, 5.41) is 0. The summed E-state index contributed by atoms with van der Waals surface area (Å²) in [7, 11) is 0. The number of nitrogen functional groups attached to an aromatic ring is 1. The number of anilines is 1. The molecule has 0 bridgehead atoms. The van der Waals surface area contributed by atoms with Crippen molar-refractivity contribution in [1.29, 1.82) is 0 Å². The van der Waals surface area contributed by atoms with E-state index in [4.69, 9.17) is 5.73 Å². The van der Waals surface area contributed by atoms with Gasteiger partial charge in [0.1, 0.15) is 5.82 Å². The zero-order valence-electron chi connectivity index (χ0n) is 7.32. The summed E-state index contributed by atoms with van der Waals surface area (Å²) < 4.78 is 2.03. The van der Waals surface area contributed by atoms with Crippen LogP contribution >= 0.6 is 12.4 Å². The lowest BCUT2D eigenvalue weighted by Gasteiger charge is -2.20. The summed E-state index contributed by atoms with van der Waals surface area (Å²) in [5.74, 6) is 0.609. The molecule has 1 aromatic heterocycles. The van der Waals surface area contributed by atoms with Gasteiger partial charge in [-0.2, -0.15) is 0 Å². The van der Waals surface area contributed by atoms with Crippen LogP contribution in [0.4, 0.5) is 5.82 Å². The van der Waals surface area contributed by atoms with Crippen LogP contribution in [-0.2, 0) is 13.0 Å². The highest BCUT2D eigenvalue weighted by molar-refractivity contribution is 5.85. The number of aromatic nitrogens is 1. The second-order valence-corrected chi connectivity index (χ2v) is 3.22. The van der Waals surface area contributed by atoms with E-state index in [1.807, 2.05) is 4.57 Å². The number of rotatable bonds is 0. The summed E-state index contributed by atoms with van der Waals surface area (Å²) in [6.07, 6.45) is 3.32. The topological polar surface area (TPSA) is 48.0 Å². The number of hydrogen-bond donors (Lipinski definition) is 1. The van der Waals surface area contributed by atoms with Gasteiger partial charge < -0.3 is 10.3 Å². The quantitative estimate of drug-likeness (QED) is 0.684. The maximum absolute atomic E-state index is 11.1. The van der Waals surface area contributed by atoms with E-state index in [1.54, 1.807) is 6.07 Å². The average Bonchev–Trinajstić information content (AvgIpc) is 2.04. The molecule has 0 aromatic carbocycles.